The van der Waals surface area contributed by atoms with Gasteiger partial charge in [-0.2, -0.15) is 4.98 Å². The van der Waals surface area contributed by atoms with Gasteiger partial charge in [0, 0.05) is 32.9 Å². The molecule has 2 aliphatic heterocycles. The molecular formula is C25H33ClN6O5. The fraction of sp³-hybridized carbons (Fsp3) is 0.480. The second-order valence-corrected chi connectivity index (χ2v) is 9.56. The van der Waals surface area contributed by atoms with Crippen LogP contribution in [-0.2, 0) is 19.0 Å². The Morgan fingerprint density at radius 3 is 2.65 bits per heavy atom. The number of fused-ring (bicyclic) bond motifs is 1. The number of likely N-dealkylation sites (N-methyl/N-ethyl adjacent to an activating group) is 2. The molecule has 1 aromatic carbocycles. The highest BCUT2D eigenvalue weighted by Crippen LogP contribution is 2.34. The monoisotopic (exact) mass is 532 g/mol. The maximum Gasteiger partial charge on any atom is 0.247 e. The number of nitrogens with one attached hydrogen (secondary N) is 2. The predicted octanol–water partition coefficient (Wildman–Crippen LogP) is 2.56. The highest BCUT2D eigenvalue weighted by Gasteiger charge is 2.49. The third-order valence-corrected chi connectivity index (χ3v) is 6.49. The van der Waals surface area contributed by atoms with Gasteiger partial charge in [-0.1, -0.05) is 18.2 Å². The molecule has 2 fully saturated rings. The SMILES string of the molecule is C=CC(=O)Nc1cc(Nc2ncc(Cl)c(O[C@@H]3CO[C@H]4[C@@H]3OC[C@H]4OC)n2)ccc1N(C)CCN(C)C. The molecule has 0 aliphatic carbocycles. The van der Waals surface area contributed by atoms with Crippen LogP contribution >= 0.6 is 11.6 Å². The minimum atomic E-state index is -0.372. The second-order valence-electron chi connectivity index (χ2n) is 9.15. The van der Waals surface area contributed by atoms with Gasteiger partial charge in [0.1, 0.15) is 23.3 Å². The van der Waals surface area contributed by atoms with E-state index in [4.69, 9.17) is 30.5 Å². The van der Waals surface area contributed by atoms with Crippen molar-refractivity contribution < 1.29 is 23.7 Å². The molecule has 2 aromatic rings. The van der Waals surface area contributed by atoms with Crippen molar-refractivity contribution in [1.29, 1.82) is 0 Å². The van der Waals surface area contributed by atoms with E-state index in [0.717, 1.165) is 18.8 Å². The number of anilines is 4. The summed E-state index contributed by atoms with van der Waals surface area (Å²) in [5, 5.41) is 6.31. The summed E-state index contributed by atoms with van der Waals surface area (Å²) in [6, 6.07) is 5.62. The number of methoxy groups -OCH3 is 1. The van der Waals surface area contributed by atoms with Crippen LogP contribution in [0.25, 0.3) is 0 Å². The van der Waals surface area contributed by atoms with Gasteiger partial charge in [0.15, 0.2) is 6.10 Å². The molecule has 37 heavy (non-hydrogen) atoms. The number of hydrogen-bond donors (Lipinski definition) is 2. The summed E-state index contributed by atoms with van der Waals surface area (Å²) in [7, 11) is 7.64. The second kappa shape index (κ2) is 12.1. The summed E-state index contributed by atoms with van der Waals surface area (Å²) < 4.78 is 23.1. The number of ether oxygens (including phenoxy) is 4. The van der Waals surface area contributed by atoms with Crippen LogP contribution in [-0.4, -0.2) is 99.7 Å². The minimum absolute atomic E-state index is 0.127. The van der Waals surface area contributed by atoms with Crippen molar-refractivity contribution in [3.63, 3.8) is 0 Å². The summed E-state index contributed by atoms with van der Waals surface area (Å²) in [6.07, 6.45) is 1.75. The maximum atomic E-state index is 12.1. The van der Waals surface area contributed by atoms with Crippen molar-refractivity contribution in [2.45, 2.75) is 24.4 Å². The fourth-order valence-corrected chi connectivity index (χ4v) is 4.34. The van der Waals surface area contributed by atoms with Crippen LogP contribution < -0.4 is 20.3 Å². The topological polar surface area (TPSA) is 110 Å². The normalized spacial score (nSPS) is 22.5. The van der Waals surface area contributed by atoms with Gasteiger partial charge in [-0.05, 0) is 38.4 Å². The van der Waals surface area contributed by atoms with Crippen LogP contribution in [0.1, 0.15) is 0 Å². The lowest BCUT2D eigenvalue weighted by atomic mass is 10.1. The minimum Gasteiger partial charge on any atom is -0.468 e. The van der Waals surface area contributed by atoms with E-state index < -0.39 is 0 Å². The molecule has 11 nitrogen and oxygen atoms in total. The lowest BCUT2D eigenvalue weighted by Gasteiger charge is -2.24. The number of amides is 1. The first-order valence-corrected chi connectivity index (χ1v) is 12.3. The van der Waals surface area contributed by atoms with E-state index in [-0.39, 0.29) is 47.2 Å². The summed E-state index contributed by atoms with van der Waals surface area (Å²) in [4.78, 5) is 25.0. The standard InChI is InChI=1S/C25H33ClN6O5/c1-6-21(33)29-17-11-15(7-8-18(17)32(4)10-9-31(2)3)28-25-27-12-16(26)24(30-25)37-20-14-36-22-19(34-5)13-35-23(20)22/h6-8,11-12,19-20,22-23H,1,9-10,13-14H2,2-5H3,(H,29,33)(H,27,28,30)/t19-,20-,22-,23-/m1/s1. The number of carbonyl (C=O) groups excluding carboxylic acids is 1. The summed E-state index contributed by atoms with van der Waals surface area (Å²) in [6.45, 7) is 5.97. The molecular weight excluding hydrogens is 500 g/mol. The van der Waals surface area contributed by atoms with Gasteiger partial charge in [-0.25, -0.2) is 4.98 Å². The molecule has 2 N–H and O–H groups in total. The first-order valence-electron chi connectivity index (χ1n) is 11.9. The number of carbonyl (C=O) groups is 1. The smallest absolute Gasteiger partial charge is 0.247 e. The number of rotatable bonds is 11. The molecule has 1 amide bonds. The number of hydrogen-bond acceptors (Lipinski definition) is 10. The first kappa shape index (κ1) is 27.1. The lowest BCUT2D eigenvalue weighted by Crippen LogP contribution is -2.35. The average Bonchev–Trinajstić information content (AvgIpc) is 3.47. The molecule has 0 radical (unpaired) electrons. The molecule has 200 valence electrons. The Balaban J connectivity index is 1.50. The van der Waals surface area contributed by atoms with E-state index in [1.165, 1.54) is 12.3 Å². The van der Waals surface area contributed by atoms with Gasteiger partial charge in [0.05, 0.1) is 30.8 Å². The number of halogens is 1. The molecule has 1 aromatic heterocycles. The Morgan fingerprint density at radius 1 is 1.22 bits per heavy atom. The van der Waals surface area contributed by atoms with E-state index in [9.17, 15) is 4.79 Å². The summed E-state index contributed by atoms with van der Waals surface area (Å²) in [5.74, 6) is 0.199. The largest absolute Gasteiger partial charge is 0.468 e. The zero-order chi connectivity index (χ0) is 26.5. The van der Waals surface area contributed by atoms with E-state index in [2.05, 4.69) is 37.0 Å². The molecule has 0 unspecified atom stereocenters. The Labute approximate surface area is 221 Å². The average molecular weight is 533 g/mol. The Hall–Kier alpha value is -2.96. The molecule has 0 bridgehead atoms. The maximum absolute atomic E-state index is 12.1. The zero-order valence-electron chi connectivity index (χ0n) is 21.4. The molecule has 4 rings (SSSR count). The van der Waals surface area contributed by atoms with Crippen LogP contribution in [0.4, 0.5) is 23.0 Å². The van der Waals surface area contributed by atoms with E-state index in [1.54, 1.807) is 7.11 Å². The highest BCUT2D eigenvalue weighted by atomic mass is 35.5. The van der Waals surface area contributed by atoms with Crippen LogP contribution in [0, 0.1) is 0 Å². The quantitative estimate of drug-likeness (QED) is 0.419. The molecule has 3 heterocycles. The van der Waals surface area contributed by atoms with Gasteiger partial charge < -0.3 is 39.4 Å². The predicted molar refractivity (Wildman–Crippen MR) is 142 cm³/mol. The van der Waals surface area contributed by atoms with Crippen molar-refractivity contribution in [3.8, 4) is 5.88 Å². The zero-order valence-corrected chi connectivity index (χ0v) is 22.2. The highest BCUT2D eigenvalue weighted by molar-refractivity contribution is 6.31. The molecule has 2 aliphatic rings. The Kier molecular flexibility index (Phi) is 8.83. The fourth-order valence-electron chi connectivity index (χ4n) is 4.20. The molecule has 2 saturated heterocycles. The number of nitrogens with zero attached hydrogens (tertiary/aromatic N) is 4. The van der Waals surface area contributed by atoms with Crippen molar-refractivity contribution in [3.05, 3.63) is 42.1 Å². The first-order chi connectivity index (χ1) is 17.8. The van der Waals surface area contributed by atoms with Crippen molar-refractivity contribution in [1.82, 2.24) is 14.9 Å². The van der Waals surface area contributed by atoms with Crippen LogP contribution in [0.15, 0.2) is 37.1 Å². The van der Waals surface area contributed by atoms with E-state index in [0.29, 0.717) is 24.6 Å². The summed E-state index contributed by atoms with van der Waals surface area (Å²) in [5.41, 5.74) is 2.16. The van der Waals surface area contributed by atoms with Crippen LogP contribution in [0.5, 0.6) is 5.88 Å². The number of aromatic nitrogens is 2. The summed E-state index contributed by atoms with van der Waals surface area (Å²) >= 11 is 6.33. The van der Waals surface area contributed by atoms with E-state index in [1.807, 2.05) is 39.3 Å². The van der Waals surface area contributed by atoms with Crippen molar-refractivity contribution in [2.24, 2.45) is 0 Å². The molecule has 0 spiro atoms. The van der Waals surface area contributed by atoms with Crippen LogP contribution in [0.3, 0.4) is 0 Å². The molecule has 0 saturated carbocycles. The lowest BCUT2D eigenvalue weighted by molar-refractivity contribution is -0.111. The molecule has 12 heteroatoms. The Morgan fingerprint density at radius 2 is 1.95 bits per heavy atom. The van der Waals surface area contributed by atoms with E-state index >= 15 is 0 Å². The molecule has 4 atom stereocenters. The van der Waals surface area contributed by atoms with Gasteiger partial charge >= 0.3 is 0 Å². The Bertz CT molecular complexity index is 1120. The van der Waals surface area contributed by atoms with Gasteiger partial charge in [-0.3, -0.25) is 4.79 Å². The van der Waals surface area contributed by atoms with Gasteiger partial charge in [0.25, 0.3) is 0 Å². The van der Waals surface area contributed by atoms with Crippen molar-refractivity contribution >= 4 is 40.5 Å². The van der Waals surface area contributed by atoms with Crippen LogP contribution in [0.2, 0.25) is 5.02 Å². The third kappa shape index (κ3) is 6.49. The van der Waals surface area contributed by atoms with Gasteiger partial charge in [0.2, 0.25) is 17.7 Å². The third-order valence-electron chi connectivity index (χ3n) is 6.23. The van der Waals surface area contributed by atoms with Gasteiger partial charge in [-0.15, -0.1) is 0 Å². The number of benzene rings is 1. The van der Waals surface area contributed by atoms with Crippen molar-refractivity contribution in [2.75, 3.05) is 70.1 Å².